The van der Waals surface area contributed by atoms with Crippen LogP contribution in [-0.4, -0.2) is 12.0 Å². The van der Waals surface area contributed by atoms with E-state index in [0.717, 1.165) is 5.39 Å². The van der Waals surface area contributed by atoms with E-state index in [1.165, 1.54) is 12.4 Å². The van der Waals surface area contributed by atoms with Crippen molar-refractivity contribution in [3.05, 3.63) is 71.7 Å². The quantitative estimate of drug-likeness (QED) is 0.435. The summed E-state index contributed by atoms with van der Waals surface area (Å²) in [4.78, 5) is 12.9. The summed E-state index contributed by atoms with van der Waals surface area (Å²) in [7, 11) is 0. The number of para-hydroxylation sites is 1. The van der Waals surface area contributed by atoms with Crippen molar-refractivity contribution in [1.82, 2.24) is 0 Å². The molecule has 2 heterocycles. The summed E-state index contributed by atoms with van der Waals surface area (Å²) in [6, 6.07) is 14.2. The van der Waals surface area contributed by atoms with Gasteiger partial charge in [-0.2, -0.15) is 4.73 Å². The van der Waals surface area contributed by atoms with Gasteiger partial charge in [-0.3, -0.25) is 4.79 Å². The Morgan fingerprint density at radius 2 is 1.96 bits per heavy atom. The molecular formula is C21H18N2O4. The first kappa shape index (κ1) is 16.9. The Morgan fingerprint density at radius 1 is 1.15 bits per heavy atom. The van der Waals surface area contributed by atoms with Gasteiger partial charge in [-0.25, -0.2) is 0 Å². The molecule has 0 spiro atoms. The summed E-state index contributed by atoms with van der Waals surface area (Å²) in [5.41, 5.74) is 2.08. The van der Waals surface area contributed by atoms with Crippen LogP contribution in [0, 0.1) is 5.21 Å². The van der Waals surface area contributed by atoms with Crippen molar-refractivity contribution >= 4 is 33.5 Å². The fraction of sp³-hybridized carbons (Fsp3) is 0.143. The third-order valence-electron chi connectivity index (χ3n) is 4.13. The van der Waals surface area contributed by atoms with Crippen LogP contribution in [0.25, 0.3) is 21.9 Å². The SMILES string of the molecule is CC(C)Oc1ccc(C(=O)Nc2ccc[n+]([O-])c2)c2c1oc1ccccc12. The van der Waals surface area contributed by atoms with Crippen LogP contribution in [0.1, 0.15) is 24.2 Å². The number of anilines is 1. The summed E-state index contributed by atoms with van der Waals surface area (Å²) in [6.07, 6.45) is 2.63. The molecule has 0 bridgehead atoms. The number of fused-ring (bicyclic) bond motifs is 3. The van der Waals surface area contributed by atoms with E-state index < -0.39 is 0 Å². The van der Waals surface area contributed by atoms with Crippen LogP contribution in [-0.2, 0) is 0 Å². The molecule has 0 atom stereocenters. The van der Waals surface area contributed by atoms with Gasteiger partial charge < -0.3 is 19.7 Å². The van der Waals surface area contributed by atoms with Gasteiger partial charge in [0, 0.05) is 16.8 Å². The molecule has 27 heavy (non-hydrogen) atoms. The number of aromatic nitrogens is 1. The zero-order valence-corrected chi connectivity index (χ0v) is 14.9. The Morgan fingerprint density at radius 3 is 2.74 bits per heavy atom. The van der Waals surface area contributed by atoms with E-state index in [1.807, 2.05) is 38.1 Å². The molecule has 4 aromatic rings. The zero-order valence-electron chi connectivity index (χ0n) is 14.9. The first-order valence-electron chi connectivity index (χ1n) is 8.64. The first-order valence-corrected chi connectivity index (χ1v) is 8.64. The molecule has 0 fully saturated rings. The highest BCUT2D eigenvalue weighted by Gasteiger charge is 2.20. The number of hydrogen-bond acceptors (Lipinski definition) is 4. The van der Waals surface area contributed by atoms with Crippen LogP contribution in [0.5, 0.6) is 5.75 Å². The highest BCUT2D eigenvalue weighted by Crippen LogP contribution is 2.37. The molecule has 6 nitrogen and oxygen atoms in total. The lowest BCUT2D eigenvalue weighted by Crippen LogP contribution is -2.25. The standard InChI is InChI=1S/C21H18N2O4/c1-13(2)26-18-10-9-16(21(24)22-14-6-5-11-23(25)12-14)19-15-7-3-4-8-17(15)27-20(18)19/h3-13H,1-2H3,(H,22,24). The number of pyridine rings is 1. The molecule has 0 saturated carbocycles. The summed E-state index contributed by atoms with van der Waals surface area (Å²) in [6.45, 7) is 3.87. The molecule has 0 aliphatic heterocycles. The molecule has 1 amide bonds. The van der Waals surface area contributed by atoms with Gasteiger partial charge in [-0.15, -0.1) is 0 Å². The van der Waals surface area contributed by atoms with E-state index in [1.54, 1.807) is 24.3 Å². The van der Waals surface area contributed by atoms with Crippen molar-refractivity contribution in [2.75, 3.05) is 5.32 Å². The van der Waals surface area contributed by atoms with Crippen LogP contribution in [0.2, 0.25) is 0 Å². The van der Waals surface area contributed by atoms with E-state index in [0.29, 0.717) is 38.3 Å². The van der Waals surface area contributed by atoms with Gasteiger partial charge in [0.1, 0.15) is 11.3 Å². The predicted molar refractivity (Wildman–Crippen MR) is 103 cm³/mol. The Kier molecular flexibility index (Phi) is 4.16. The number of hydrogen-bond donors (Lipinski definition) is 1. The van der Waals surface area contributed by atoms with Crippen molar-refractivity contribution in [1.29, 1.82) is 0 Å². The van der Waals surface area contributed by atoms with Crippen molar-refractivity contribution < 1.29 is 18.7 Å². The monoisotopic (exact) mass is 362 g/mol. The Bertz CT molecular complexity index is 1150. The minimum absolute atomic E-state index is 0.0297. The van der Waals surface area contributed by atoms with Crippen molar-refractivity contribution in [2.45, 2.75) is 20.0 Å². The molecule has 0 unspecified atom stereocenters. The molecule has 0 aliphatic rings. The van der Waals surface area contributed by atoms with Gasteiger partial charge in [0.05, 0.1) is 11.7 Å². The van der Waals surface area contributed by atoms with E-state index in [-0.39, 0.29) is 12.0 Å². The number of nitrogens with zero attached hydrogens (tertiary/aromatic N) is 1. The summed E-state index contributed by atoms with van der Waals surface area (Å²) in [5, 5.41) is 15.7. The smallest absolute Gasteiger partial charge is 0.256 e. The maximum Gasteiger partial charge on any atom is 0.256 e. The number of carbonyl (C=O) groups is 1. The lowest BCUT2D eigenvalue weighted by Gasteiger charge is -2.12. The number of rotatable bonds is 4. The molecule has 2 aromatic heterocycles. The van der Waals surface area contributed by atoms with E-state index in [2.05, 4.69) is 5.32 Å². The summed E-state index contributed by atoms with van der Waals surface area (Å²) in [5.74, 6) is 0.263. The molecule has 2 aromatic carbocycles. The normalized spacial score (nSPS) is 11.2. The topological polar surface area (TPSA) is 78.4 Å². The number of furan rings is 1. The van der Waals surface area contributed by atoms with Gasteiger partial charge >= 0.3 is 0 Å². The lowest BCUT2D eigenvalue weighted by atomic mass is 10.0. The highest BCUT2D eigenvalue weighted by molar-refractivity contribution is 6.20. The fourth-order valence-corrected chi connectivity index (χ4v) is 3.07. The minimum Gasteiger partial charge on any atom is -0.619 e. The van der Waals surface area contributed by atoms with Crippen LogP contribution in [0.15, 0.2) is 65.3 Å². The molecule has 4 rings (SSSR count). The number of amides is 1. The number of ether oxygens (including phenoxy) is 1. The minimum atomic E-state index is -0.325. The maximum atomic E-state index is 12.9. The van der Waals surface area contributed by atoms with E-state index >= 15 is 0 Å². The maximum absolute atomic E-state index is 12.9. The second-order valence-corrected chi connectivity index (χ2v) is 6.49. The van der Waals surface area contributed by atoms with E-state index in [9.17, 15) is 10.0 Å². The van der Waals surface area contributed by atoms with Crippen LogP contribution >= 0.6 is 0 Å². The summed E-state index contributed by atoms with van der Waals surface area (Å²) < 4.78 is 12.5. The molecule has 0 saturated heterocycles. The fourth-order valence-electron chi connectivity index (χ4n) is 3.07. The average molecular weight is 362 g/mol. The molecule has 6 heteroatoms. The molecule has 136 valence electrons. The van der Waals surface area contributed by atoms with Gasteiger partial charge in [-0.1, -0.05) is 18.2 Å². The van der Waals surface area contributed by atoms with Gasteiger partial charge in [0.2, 0.25) is 6.20 Å². The third kappa shape index (κ3) is 3.17. The van der Waals surface area contributed by atoms with Crippen LogP contribution in [0.4, 0.5) is 5.69 Å². The van der Waals surface area contributed by atoms with Crippen molar-refractivity contribution in [2.24, 2.45) is 0 Å². The van der Waals surface area contributed by atoms with E-state index in [4.69, 9.17) is 9.15 Å². The predicted octanol–water partition coefficient (Wildman–Crippen LogP) is 4.26. The number of nitrogens with one attached hydrogen (secondary N) is 1. The van der Waals surface area contributed by atoms with Gasteiger partial charge in [-0.05, 0) is 38.1 Å². The first-order chi connectivity index (χ1) is 13.0. The van der Waals surface area contributed by atoms with Crippen LogP contribution < -0.4 is 14.8 Å². The van der Waals surface area contributed by atoms with Crippen LogP contribution in [0.3, 0.4) is 0 Å². The molecule has 0 radical (unpaired) electrons. The zero-order chi connectivity index (χ0) is 19.0. The lowest BCUT2D eigenvalue weighted by molar-refractivity contribution is -0.604. The molecule has 1 N–H and O–H groups in total. The van der Waals surface area contributed by atoms with Gasteiger partial charge in [0.25, 0.3) is 5.91 Å². The van der Waals surface area contributed by atoms with Crippen molar-refractivity contribution in [3.63, 3.8) is 0 Å². The Hall–Kier alpha value is -3.54. The van der Waals surface area contributed by atoms with Crippen molar-refractivity contribution in [3.8, 4) is 5.75 Å². The molecule has 0 aliphatic carbocycles. The number of benzene rings is 2. The third-order valence-corrected chi connectivity index (χ3v) is 4.13. The number of carbonyl (C=O) groups excluding carboxylic acids is 1. The average Bonchev–Trinajstić information content (AvgIpc) is 3.02. The highest BCUT2D eigenvalue weighted by atomic mass is 16.5. The molecular weight excluding hydrogens is 344 g/mol. The second kappa shape index (κ2) is 6.64. The van der Waals surface area contributed by atoms with Gasteiger partial charge in [0.15, 0.2) is 17.5 Å². The Labute approximate surface area is 155 Å². The largest absolute Gasteiger partial charge is 0.619 e. The summed E-state index contributed by atoms with van der Waals surface area (Å²) >= 11 is 0. The second-order valence-electron chi connectivity index (χ2n) is 6.49. The Balaban J connectivity index is 1.86.